The van der Waals surface area contributed by atoms with Crippen molar-refractivity contribution in [3.05, 3.63) is 18.3 Å². The molecule has 2 heterocycles. The summed E-state index contributed by atoms with van der Waals surface area (Å²) in [5.41, 5.74) is 5.84. The lowest BCUT2D eigenvalue weighted by Crippen LogP contribution is -2.49. The normalized spacial score (nSPS) is 25.2. The van der Waals surface area contributed by atoms with Crippen molar-refractivity contribution in [3.63, 3.8) is 0 Å². The zero-order valence-electron chi connectivity index (χ0n) is 10.9. The molecule has 1 aliphatic rings. The maximum absolute atomic E-state index is 12.2. The molecule has 0 aliphatic carbocycles. The number of anilines is 2. The average molecular weight is 286 g/mol. The van der Waals surface area contributed by atoms with Crippen LogP contribution in [0.4, 0.5) is 11.5 Å². The second-order valence-corrected chi connectivity index (χ2v) is 6.32. The van der Waals surface area contributed by atoms with Gasteiger partial charge in [0, 0.05) is 13.1 Å². The van der Waals surface area contributed by atoms with Crippen LogP contribution in [-0.2, 0) is 14.9 Å². The molecule has 19 heavy (non-hydrogen) atoms. The van der Waals surface area contributed by atoms with E-state index in [-0.39, 0.29) is 12.2 Å². The van der Waals surface area contributed by atoms with E-state index in [2.05, 4.69) is 9.71 Å². The Morgan fingerprint density at radius 3 is 2.53 bits per heavy atom. The van der Waals surface area contributed by atoms with E-state index in [9.17, 15) is 8.42 Å². The van der Waals surface area contributed by atoms with Crippen molar-refractivity contribution in [2.45, 2.75) is 26.1 Å². The van der Waals surface area contributed by atoms with Crippen LogP contribution < -0.4 is 10.5 Å². The molecule has 8 heteroatoms. The lowest BCUT2D eigenvalue weighted by atomic mass is 10.3. The molecule has 1 saturated heterocycles. The van der Waals surface area contributed by atoms with Gasteiger partial charge in [0.25, 0.3) is 0 Å². The Labute approximate surface area is 112 Å². The van der Waals surface area contributed by atoms with Crippen LogP contribution in [0.5, 0.6) is 0 Å². The Balaban J connectivity index is 2.11. The summed E-state index contributed by atoms with van der Waals surface area (Å²) in [7, 11) is -3.59. The van der Waals surface area contributed by atoms with Gasteiger partial charge in [-0.25, -0.2) is 4.98 Å². The first kappa shape index (κ1) is 14.0. The van der Waals surface area contributed by atoms with E-state index in [0.29, 0.717) is 24.6 Å². The highest BCUT2D eigenvalue weighted by Gasteiger charge is 2.30. The second kappa shape index (κ2) is 5.32. The van der Waals surface area contributed by atoms with Gasteiger partial charge < -0.3 is 10.5 Å². The van der Waals surface area contributed by atoms with Gasteiger partial charge in [0.05, 0.1) is 24.1 Å². The summed E-state index contributed by atoms with van der Waals surface area (Å²) >= 11 is 0. The largest absolute Gasteiger partial charge is 0.384 e. The molecule has 0 aromatic carbocycles. The first-order valence-electron chi connectivity index (χ1n) is 6.01. The maximum atomic E-state index is 12.2. The molecule has 1 aromatic heterocycles. The van der Waals surface area contributed by atoms with Gasteiger partial charge in [-0.1, -0.05) is 0 Å². The van der Waals surface area contributed by atoms with Crippen molar-refractivity contribution >= 4 is 21.7 Å². The van der Waals surface area contributed by atoms with Crippen LogP contribution in [0.25, 0.3) is 0 Å². The predicted molar refractivity (Wildman–Crippen MR) is 72.8 cm³/mol. The number of nitrogen functional groups attached to an aromatic ring is 1. The molecule has 106 valence electrons. The molecule has 2 rings (SSSR count). The molecule has 0 spiro atoms. The maximum Gasteiger partial charge on any atom is 0.301 e. The van der Waals surface area contributed by atoms with E-state index < -0.39 is 10.2 Å². The van der Waals surface area contributed by atoms with Gasteiger partial charge in [-0.3, -0.25) is 4.72 Å². The standard InChI is InChI=1S/C11H18N4O3S/c1-8-6-15(7-9(2)18-8)19(16,17)14-10-3-4-11(12)13-5-10/h3-5,8-9,14H,6-7H2,1-2H3,(H2,12,13). The van der Waals surface area contributed by atoms with Gasteiger partial charge >= 0.3 is 10.2 Å². The number of ether oxygens (including phenoxy) is 1. The minimum atomic E-state index is -3.59. The highest BCUT2D eigenvalue weighted by molar-refractivity contribution is 7.90. The first-order valence-corrected chi connectivity index (χ1v) is 7.45. The number of morpholine rings is 1. The number of nitrogens with one attached hydrogen (secondary N) is 1. The molecule has 0 amide bonds. The minimum Gasteiger partial charge on any atom is -0.384 e. The molecular formula is C11H18N4O3S. The summed E-state index contributed by atoms with van der Waals surface area (Å²) in [5.74, 6) is 0.344. The van der Waals surface area contributed by atoms with Crippen LogP contribution in [0.1, 0.15) is 13.8 Å². The van der Waals surface area contributed by atoms with Crippen molar-refractivity contribution in [2.75, 3.05) is 23.5 Å². The zero-order valence-corrected chi connectivity index (χ0v) is 11.7. The van der Waals surface area contributed by atoms with Gasteiger partial charge in [0.1, 0.15) is 5.82 Å². The summed E-state index contributed by atoms with van der Waals surface area (Å²) in [6.07, 6.45) is 1.15. The van der Waals surface area contributed by atoms with Gasteiger partial charge in [-0.05, 0) is 26.0 Å². The SMILES string of the molecule is CC1CN(S(=O)(=O)Nc2ccc(N)nc2)CC(C)O1. The summed E-state index contributed by atoms with van der Waals surface area (Å²) in [6.45, 7) is 4.37. The summed E-state index contributed by atoms with van der Waals surface area (Å²) < 4.78 is 33.8. The quantitative estimate of drug-likeness (QED) is 0.839. The third kappa shape index (κ3) is 3.55. The van der Waals surface area contributed by atoms with Gasteiger partial charge in [0.15, 0.2) is 0 Å². The zero-order chi connectivity index (χ0) is 14.0. The molecule has 2 unspecified atom stereocenters. The summed E-state index contributed by atoms with van der Waals surface area (Å²) in [4.78, 5) is 3.85. The van der Waals surface area contributed by atoms with Gasteiger partial charge in [0.2, 0.25) is 0 Å². The second-order valence-electron chi connectivity index (χ2n) is 4.65. The Bertz CT molecular complexity index is 521. The number of hydrogen-bond acceptors (Lipinski definition) is 5. The van der Waals surface area contributed by atoms with Gasteiger partial charge in [-0.2, -0.15) is 12.7 Å². The van der Waals surface area contributed by atoms with E-state index in [0.717, 1.165) is 0 Å². The van der Waals surface area contributed by atoms with Crippen LogP contribution in [0.3, 0.4) is 0 Å². The van der Waals surface area contributed by atoms with Crippen LogP contribution in [0.15, 0.2) is 18.3 Å². The van der Waals surface area contributed by atoms with E-state index >= 15 is 0 Å². The highest BCUT2D eigenvalue weighted by Crippen LogP contribution is 2.17. The topological polar surface area (TPSA) is 97.6 Å². The monoisotopic (exact) mass is 286 g/mol. The van der Waals surface area contributed by atoms with Crippen molar-refractivity contribution in [3.8, 4) is 0 Å². The first-order chi connectivity index (χ1) is 8.87. The minimum absolute atomic E-state index is 0.120. The third-order valence-electron chi connectivity index (χ3n) is 2.76. The summed E-state index contributed by atoms with van der Waals surface area (Å²) in [6, 6.07) is 3.12. The Morgan fingerprint density at radius 2 is 2.00 bits per heavy atom. The number of hydrogen-bond donors (Lipinski definition) is 2. The van der Waals surface area contributed by atoms with Crippen LogP contribution in [-0.4, -0.2) is 43.0 Å². The van der Waals surface area contributed by atoms with Crippen LogP contribution in [0.2, 0.25) is 0 Å². The summed E-state index contributed by atoms with van der Waals surface area (Å²) in [5, 5.41) is 0. The fraction of sp³-hybridized carbons (Fsp3) is 0.545. The fourth-order valence-electron chi connectivity index (χ4n) is 2.01. The molecule has 3 N–H and O–H groups in total. The van der Waals surface area contributed by atoms with Crippen LogP contribution in [0, 0.1) is 0 Å². The van der Waals surface area contributed by atoms with Gasteiger partial charge in [-0.15, -0.1) is 0 Å². The van der Waals surface area contributed by atoms with E-state index in [1.54, 1.807) is 12.1 Å². The van der Waals surface area contributed by atoms with E-state index in [4.69, 9.17) is 10.5 Å². The number of rotatable bonds is 3. The lowest BCUT2D eigenvalue weighted by molar-refractivity contribution is -0.0439. The van der Waals surface area contributed by atoms with E-state index in [1.807, 2.05) is 13.8 Å². The number of nitrogens with zero attached hydrogens (tertiary/aromatic N) is 2. The lowest BCUT2D eigenvalue weighted by Gasteiger charge is -2.34. The Hall–Kier alpha value is -1.38. The molecular weight excluding hydrogens is 268 g/mol. The predicted octanol–water partition coefficient (Wildman–Crippen LogP) is 0.430. The van der Waals surface area contributed by atoms with Crippen LogP contribution >= 0.6 is 0 Å². The van der Waals surface area contributed by atoms with Crippen molar-refractivity contribution in [1.82, 2.24) is 9.29 Å². The van der Waals surface area contributed by atoms with E-state index in [1.165, 1.54) is 10.5 Å². The molecule has 1 fully saturated rings. The molecule has 0 bridgehead atoms. The number of pyridine rings is 1. The third-order valence-corrected chi connectivity index (χ3v) is 4.23. The van der Waals surface area contributed by atoms with Crippen molar-refractivity contribution in [2.24, 2.45) is 0 Å². The number of nitrogens with two attached hydrogens (primary N) is 1. The Kier molecular flexibility index (Phi) is 3.93. The molecule has 1 aliphatic heterocycles. The van der Waals surface area contributed by atoms with Crippen molar-refractivity contribution < 1.29 is 13.2 Å². The number of aromatic nitrogens is 1. The highest BCUT2D eigenvalue weighted by atomic mass is 32.2. The average Bonchev–Trinajstić information content (AvgIpc) is 2.31. The fourth-order valence-corrected chi connectivity index (χ4v) is 3.37. The molecule has 2 atom stereocenters. The molecule has 0 radical (unpaired) electrons. The Morgan fingerprint density at radius 1 is 1.37 bits per heavy atom. The smallest absolute Gasteiger partial charge is 0.301 e. The molecule has 0 saturated carbocycles. The molecule has 7 nitrogen and oxygen atoms in total. The van der Waals surface area contributed by atoms with Crippen molar-refractivity contribution in [1.29, 1.82) is 0 Å². The molecule has 1 aromatic rings.